The molecular formula is C14H18FN4O2S3+. The Bertz CT molecular complexity index is 885. The average Bonchev–Trinajstić information content (AvgIpc) is 2.85. The van der Waals surface area contributed by atoms with Crippen molar-refractivity contribution in [2.45, 2.75) is 18.5 Å². The van der Waals surface area contributed by atoms with E-state index in [4.69, 9.17) is 12.2 Å². The maximum Gasteiger partial charge on any atom is 0.246 e. The molecule has 0 atom stereocenters. The van der Waals surface area contributed by atoms with Crippen molar-refractivity contribution in [2.75, 3.05) is 26.2 Å². The van der Waals surface area contributed by atoms with Crippen LogP contribution >= 0.6 is 23.6 Å². The number of aryl methyl sites for hydroxylation is 1. The lowest BCUT2D eigenvalue weighted by Gasteiger charge is -2.31. The Morgan fingerprint density at radius 2 is 2.00 bits per heavy atom. The molecule has 24 heavy (non-hydrogen) atoms. The van der Waals surface area contributed by atoms with Gasteiger partial charge in [0, 0.05) is 0 Å². The third-order valence-corrected chi connectivity index (χ3v) is 7.12. The zero-order chi connectivity index (χ0) is 17.3. The molecular weight excluding hydrogens is 371 g/mol. The van der Waals surface area contributed by atoms with Crippen LogP contribution in [0.5, 0.6) is 0 Å². The van der Waals surface area contributed by atoms with Gasteiger partial charge in [-0.2, -0.15) is 14.1 Å². The van der Waals surface area contributed by atoms with Gasteiger partial charge in [0.05, 0.1) is 26.2 Å². The molecule has 0 spiro atoms. The SMILES string of the molecule is Cc1nn(C[NH+]2CCN(S(=O)(=O)c3ccccc3F)CC2)c(=S)s1. The van der Waals surface area contributed by atoms with E-state index in [1.165, 1.54) is 44.8 Å². The number of hydrogen-bond donors (Lipinski definition) is 1. The van der Waals surface area contributed by atoms with E-state index in [0.29, 0.717) is 32.8 Å². The van der Waals surface area contributed by atoms with Gasteiger partial charge in [-0.25, -0.2) is 12.8 Å². The third-order valence-electron chi connectivity index (χ3n) is 3.96. The van der Waals surface area contributed by atoms with E-state index in [2.05, 4.69) is 5.10 Å². The molecule has 6 nitrogen and oxygen atoms in total. The average molecular weight is 390 g/mol. The summed E-state index contributed by atoms with van der Waals surface area (Å²) in [6, 6.07) is 5.49. The lowest BCUT2D eigenvalue weighted by molar-refractivity contribution is -0.926. The van der Waals surface area contributed by atoms with Crippen molar-refractivity contribution in [3.63, 3.8) is 0 Å². The molecule has 0 radical (unpaired) electrons. The lowest BCUT2D eigenvalue weighted by atomic mass is 10.3. The number of sulfonamides is 1. The molecule has 130 valence electrons. The van der Waals surface area contributed by atoms with Crippen LogP contribution in [0, 0.1) is 16.7 Å². The number of nitrogens with one attached hydrogen (secondary N) is 1. The van der Waals surface area contributed by atoms with Crippen LogP contribution in [0.3, 0.4) is 0 Å². The van der Waals surface area contributed by atoms with E-state index in [0.717, 1.165) is 8.96 Å². The van der Waals surface area contributed by atoms with Crippen LogP contribution in [0.4, 0.5) is 4.39 Å². The molecule has 0 saturated carbocycles. The summed E-state index contributed by atoms with van der Waals surface area (Å²) in [7, 11) is -3.79. The predicted octanol–water partition coefficient (Wildman–Crippen LogP) is 0.669. The van der Waals surface area contributed by atoms with Crippen molar-refractivity contribution in [1.29, 1.82) is 0 Å². The van der Waals surface area contributed by atoms with Crippen LogP contribution in [0.15, 0.2) is 29.2 Å². The Morgan fingerprint density at radius 1 is 1.33 bits per heavy atom. The number of rotatable bonds is 4. The third kappa shape index (κ3) is 3.57. The molecule has 0 aliphatic carbocycles. The molecule has 2 aromatic rings. The molecule has 10 heteroatoms. The highest BCUT2D eigenvalue weighted by molar-refractivity contribution is 7.89. The van der Waals surface area contributed by atoms with Gasteiger partial charge in [0.25, 0.3) is 0 Å². The van der Waals surface area contributed by atoms with E-state index in [1.807, 2.05) is 6.92 Å². The van der Waals surface area contributed by atoms with Gasteiger partial charge in [0.1, 0.15) is 15.7 Å². The summed E-state index contributed by atoms with van der Waals surface area (Å²) in [5.74, 6) is -0.712. The minimum absolute atomic E-state index is 0.259. The maximum absolute atomic E-state index is 13.8. The van der Waals surface area contributed by atoms with Gasteiger partial charge in [-0.05, 0) is 31.3 Å². The van der Waals surface area contributed by atoms with Crippen LogP contribution in [0.1, 0.15) is 5.01 Å². The number of hydrogen-bond acceptors (Lipinski definition) is 5. The number of aromatic nitrogens is 2. The zero-order valence-electron chi connectivity index (χ0n) is 13.1. The van der Waals surface area contributed by atoms with Gasteiger partial charge in [0.15, 0.2) is 10.6 Å². The molecule has 3 rings (SSSR count). The molecule has 1 fully saturated rings. The normalized spacial score (nSPS) is 17.2. The summed E-state index contributed by atoms with van der Waals surface area (Å²) < 4.78 is 42.8. The Hall–Kier alpha value is -1.20. The molecule has 2 heterocycles. The quantitative estimate of drug-likeness (QED) is 0.781. The largest absolute Gasteiger partial charge is 0.314 e. The van der Waals surface area contributed by atoms with Crippen LogP contribution in [-0.4, -0.2) is 48.7 Å². The summed E-state index contributed by atoms with van der Waals surface area (Å²) in [4.78, 5) is 0.946. The monoisotopic (exact) mass is 389 g/mol. The maximum atomic E-state index is 13.8. The molecule has 1 aromatic carbocycles. The molecule has 0 bridgehead atoms. The fourth-order valence-corrected chi connectivity index (χ4v) is 5.29. The Kier molecular flexibility index (Phi) is 5.11. The molecule has 0 amide bonds. The van der Waals surface area contributed by atoms with Crippen molar-refractivity contribution in [1.82, 2.24) is 14.1 Å². The first-order valence-corrected chi connectivity index (χ1v) is 10.2. The lowest BCUT2D eigenvalue weighted by Crippen LogP contribution is -3.14. The smallest absolute Gasteiger partial charge is 0.246 e. The molecule has 0 unspecified atom stereocenters. The first-order valence-electron chi connectivity index (χ1n) is 7.51. The number of halogens is 1. The van der Waals surface area contributed by atoms with E-state index in [1.54, 1.807) is 4.68 Å². The standard InChI is InChI=1S/C14H17FN4O2S3/c1-11-16-19(14(22)23-11)10-17-6-8-18(9-7-17)24(20,21)13-5-3-2-4-12(13)15/h2-5H,6-10H2,1H3/p+1. The minimum Gasteiger partial charge on any atom is -0.314 e. The second-order valence-corrected chi connectivity index (χ2v) is 9.36. The van der Waals surface area contributed by atoms with Crippen LogP contribution < -0.4 is 4.90 Å². The summed E-state index contributed by atoms with van der Waals surface area (Å²) in [5.41, 5.74) is 0. The van der Waals surface area contributed by atoms with E-state index < -0.39 is 15.8 Å². The fourth-order valence-electron chi connectivity index (χ4n) is 2.72. The Morgan fingerprint density at radius 3 is 2.58 bits per heavy atom. The predicted molar refractivity (Wildman–Crippen MR) is 91.5 cm³/mol. The summed E-state index contributed by atoms with van der Waals surface area (Å²) in [6.07, 6.45) is 0. The van der Waals surface area contributed by atoms with Crippen LogP contribution in [0.25, 0.3) is 0 Å². The fraction of sp³-hybridized carbons (Fsp3) is 0.429. The zero-order valence-corrected chi connectivity index (χ0v) is 15.6. The molecule has 1 N–H and O–H groups in total. The van der Waals surface area contributed by atoms with Crippen molar-refractivity contribution in [3.05, 3.63) is 39.0 Å². The highest BCUT2D eigenvalue weighted by Crippen LogP contribution is 2.18. The minimum atomic E-state index is -3.79. The van der Waals surface area contributed by atoms with E-state index >= 15 is 0 Å². The van der Waals surface area contributed by atoms with Gasteiger partial charge in [-0.15, -0.1) is 0 Å². The second-order valence-electron chi connectivity index (χ2n) is 5.63. The van der Waals surface area contributed by atoms with E-state index in [-0.39, 0.29) is 4.90 Å². The summed E-state index contributed by atoms with van der Waals surface area (Å²) in [5, 5.41) is 5.28. The van der Waals surface area contributed by atoms with Crippen molar-refractivity contribution in [2.24, 2.45) is 0 Å². The number of piperazine rings is 1. The first-order chi connectivity index (χ1) is 11.4. The number of quaternary nitrogens is 1. The molecule has 1 aliphatic rings. The first kappa shape index (κ1) is 17.6. The van der Waals surface area contributed by atoms with Gasteiger partial charge < -0.3 is 4.90 Å². The molecule has 1 aliphatic heterocycles. The number of nitrogens with zero attached hydrogens (tertiary/aromatic N) is 3. The number of benzene rings is 1. The van der Waals surface area contributed by atoms with Crippen molar-refractivity contribution in [3.8, 4) is 0 Å². The van der Waals surface area contributed by atoms with Crippen molar-refractivity contribution >= 4 is 33.6 Å². The highest BCUT2D eigenvalue weighted by atomic mass is 32.2. The van der Waals surface area contributed by atoms with Crippen LogP contribution in [-0.2, 0) is 16.7 Å². The van der Waals surface area contributed by atoms with Gasteiger partial charge in [-0.3, -0.25) is 0 Å². The summed E-state index contributed by atoms with van der Waals surface area (Å²) >= 11 is 6.73. The van der Waals surface area contributed by atoms with Gasteiger partial charge in [0.2, 0.25) is 10.0 Å². The van der Waals surface area contributed by atoms with Gasteiger partial charge >= 0.3 is 0 Å². The van der Waals surface area contributed by atoms with Crippen molar-refractivity contribution < 1.29 is 17.7 Å². The second kappa shape index (κ2) is 6.96. The summed E-state index contributed by atoms with van der Waals surface area (Å²) in [6.45, 7) is 4.49. The topological polar surface area (TPSA) is 59.6 Å². The highest BCUT2D eigenvalue weighted by Gasteiger charge is 2.32. The molecule has 1 aromatic heterocycles. The Balaban J connectivity index is 1.68. The Labute approximate surface area is 149 Å². The van der Waals surface area contributed by atoms with Crippen LogP contribution in [0.2, 0.25) is 0 Å². The molecule has 1 saturated heterocycles. The van der Waals surface area contributed by atoms with Gasteiger partial charge in [-0.1, -0.05) is 23.5 Å². The van der Waals surface area contributed by atoms with E-state index in [9.17, 15) is 12.8 Å².